The normalized spacial score (nSPS) is 18.9. The first kappa shape index (κ1) is 11.9. The fraction of sp³-hybridized carbons (Fsp3) is 0.571. The maximum atomic E-state index is 6.29. The molecule has 1 aromatic rings. The van der Waals surface area contributed by atoms with Crippen molar-refractivity contribution in [1.29, 1.82) is 0 Å². The summed E-state index contributed by atoms with van der Waals surface area (Å²) in [6.07, 6.45) is 5.42. The molecule has 1 fully saturated rings. The molecule has 1 atom stereocenters. The molecule has 1 saturated carbocycles. The lowest BCUT2D eigenvalue weighted by Crippen LogP contribution is -2.27. The summed E-state index contributed by atoms with van der Waals surface area (Å²) in [6, 6.07) is 8.69. The van der Waals surface area contributed by atoms with Crippen LogP contribution in [0.5, 0.6) is 0 Å². The van der Waals surface area contributed by atoms with Gasteiger partial charge in [-0.15, -0.1) is 0 Å². The highest BCUT2D eigenvalue weighted by molar-refractivity contribution is 6.31. The van der Waals surface area contributed by atoms with Gasteiger partial charge < -0.3 is 5.32 Å². The molecular weight excluding hydrogens is 218 g/mol. The molecule has 1 nitrogen and oxygen atoms in total. The molecule has 0 saturated heterocycles. The maximum Gasteiger partial charge on any atom is 0.0453 e. The highest BCUT2D eigenvalue weighted by atomic mass is 35.5. The second-order valence-corrected chi connectivity index (χ2v) is 5.01. The van der Waals surface area contributed by atoms with Gasteiger partial charge in [-0.3, -0.25) is 0 Å². The minimum atomic E-state index is 0.446. The van der Waals surface area contributed by atoms with Gasteiger partial charge >= 0.3 is 0 Å². The molecule has 1 aliphatic rings. The fourth-order valence-electron chi connectivity index (χ4n) is 2.77. The third kappa shape index (κ3) is 2.58. The summed E-state index contributed by atoms with van der Waals surface area (Å²) in [5.41, 5.74) is 1.28. The minimum absolute atomic E-state index is 0.446. The molecule has 0 spiro atoms. The van der Waals surface area contributed by atoms with Crippen LogP contribution in [0, 0.1) is 5.92 Å². The topological polar surface area (TPSA) is 12.0 Å². The average molecular weight is 238 g/mol. The van der Waals surface area contributed by atoms with Crippen LogP contribution in [0.2, 0.25) is 5.02 Å². The number of halogens is 1. The Hall–Kier alpha value is -0.530. The van der Waals surface area contributed by atoms with E-state index in [9.17, 15) is 0 Å². The summed E-state index contributed by atoms with van der Waals surface area (Å²) < 4.78 is 0. The molecule has 0 bridgehead atoms. The molecule has 0 radical (unpaired) electrons. The average Bonchev–Trinajstić information content (AvgIpc) is 2.80. The first-order valence-corrected chi connectivity index (χ1v) is 6.68. The van der Waals surface area contributed by atoms with E-state index in [2.05, 4.69) is 24.4 Å². The van der Waals surface area contributed by atoms with Crippen LogP contribution in [-0.2, 0) is 0 Å². The zero-order valence-electron chi connectivity index (χ0n) is 9.88. The standard InChI is InChI=1S/C14H20ClN/c1-2-16-14(11-7-3-4-8-11)12-9-5-6-10-13(12)15/h5-6,9-11,14,16H,2-4,7-8H2,1H3. The molecule has 88 valence electrons. The predicted molar refractivity (Wildman–Crippen MR) is 69.8 cm³/mol. The Morgan fingerprint density at radius 2 is 2.00 bits per heavy atom. The predicted octanol–water partition coefficient (Wildman–Crippen LogP) is 4.18. The smallest absolute Gasteiger partial charge is 0.0453 e. The van der Waals surface area contributed by atoms with Gasteiger partial charge in [0.1, 0.15) is 0 Å². The van der Waals surface area contributed by atoms with Crippen molar-refractivity contribution >= 4 is 11.6 Å². The van der Waals surface area contributed by atoms with Gasteiger partial charge in [0.05, 0.1) is 0 Å². The lowest BCUT2D eigenvalue weighted by Gasteiger charge is -2.25. The van der Waals surface area contributed by atoms with Crippen molar-refractivity contribution in [3.8, 4) is 0 Å². The van der Waals surface area contributed by atoms with E-state index in [-0.39, 0.29) is 0 Å². The maximum absolute atomic E-state index is 6.29. The van der Waals surface area contributed by atoms with Gasteiger partial charge in [0.25, 0.3) is 0 Å². The van der Waals surface area contributed by atoms with Crippen LogP contribution >= 0.6 is 11.6 Å². The Balaban J connectivity index is 2.21. The largest absolute Gasteiger partial charge is 0.310 e. The number of hydrogen-bond donors (Lipinski definition) is 1. The molecule has 16 heavy (non-hydrogen) atoms. The second kappa shape index (κ2) is 5.70. The van der Waals surface area contributed by atoms with Crippen LogP contribution in [0.1, 0.15) is 44.2 Å². The molecule has 0 heterocycles. The van der Waals surface area contributed by atoms with Gasteiger partial charge in [-0.2, -0.15) is 0 Å². The van der Waals surface area contributed by atoms with Crippen LogP contribution in [0.3, 0.4) is 0 Å². The molecule has 1 aromatic carbocycles. The number of hydrogen-bond acceptors (Lipinski definition) is 1. The Morgan fingerprint density at radius 1 is 1.31 bits per heavy atom. The molecule has 0 aliphatic heterocycles. The minimum Gasteiger partial charge on any atom is -0.310 e. The molecule has 1 unspecified atom stereocenters. The van der Waals surface area contributed by atoms with Crippen molar-refractivity contribution in [1.82, 2.24) is 5.32 Å². The lowest BCUT2D eigenvalue weighted by atomic mass is 9.91. The van der Waals surface area contributed by atoms with Gasteiger partial charge in [0.15, 0.2) is 0 Å². The first-order chi connectivity index (χ1) is 7.83. The van der Waals surface area contributed by atoms with E-state index >= 15 is 0 Å². The summed E-state index contributed by atoms with van der Waals surface area (Å²) in [6.45, 7) is 3.17. The van der Waals surface area contributed by atoms with Crippen LogP contribution in [-0.4, -0.2) is 6.54 Å². The number of rotatable bonds is 4. The van der Waals surface area contributed by atoms with Crippen molar-refractivity contribution in [2.75, 3.05) is 6.54 Å². The molecule has 0 aromatic heterocycles. The Bertz CT molecular complexity index is 331. The van der Waals surface area contributed by atoms with E-state index in [4.69, 9.17) is 11.6 Å². The SMILES string of the molecule is CCNC(c1ccccc1Cl)C1CCCC1. The highest BCUT2D eigenvalue weighted by Gasteiger charge is 2.26. The van der Waals surface area contributed by atoms with E-state index in [1.807, 2.05) is 12.1 Å². The number of benzene rings is 1. The molecule has 2 rings (SSSR count). The van der Waals surface area contributed by atoms with Crippen LogP contribution in [0.4, 0.5) is 0 Å². The number of nitrogens with one attached hydrogen (secondary N) is 1. The van der Waals surface area contributed by atoms with Gasteiger partial charge in [-0.1, -0.05) is 49.6 Å². The summed E-state index contributed by atoms with van der Waals surface area (Å²) in [7, 11) is 0. The lowest BCUT2D eigenvalue weighted by molar-refractivity contribution is 0.374. The quantitative estimate of drug-likeness (QED) is 0.829. The zero-order chi connectivity index (χ0) is 11.4. The molecule has 1 N–H and O–H groups in total. The molecule has 1 aliphatic carbocycles. The molecule has 0 amide bonds. The Morgan fingerprint density at radius 3 is 2.62 bits per heavy atom. The zero-order valence-corrected chi connectivity index (χ0v) is 10.6. The van der Waals surface area contributed by atoms with Gasteiger partial charge in [0, 0.05) is 11.1 Å². The van der Waals surface area contributed by atoms with Crippen LogP contribution < -0.4 is 5.32 Å². The van der Waals surface area contributed by atoms with E-state index in [1.54, 1.807) is 0 Å². The third-order valence-corrected chi connectivity index (χ3v) is 3.88. The molecular formula is C14H20ClN. The fourth-order valence-corrected chi connectivity index (χ4v) is 3.02. The van der Waals surface area contributed by atoms with Crippen molar-refractivity contribution in [2.45, 2.75) is 38.6 Å². The van der Waals surface area contributed by atoms with Gasteiger partial charge in [-0.25, -0.2) is 0 Å². The summed E-state index contributed by atoms with van der Waals surface area (Å²) >= 11 is 6.29. The van der Waals surface area contributed by atoms with Crippen molar-refractivity contribution in [3.05, 3.63) is 34.9 Å². The Kier molecular flexibility index (Phi) is 4.25. The van der Waals surface area contributed by atoms with E-state index < -0.39 is 0 Å². The van der Waals surface area contributed by atoms with Gasteiger partial charge in [0.2, 0.25) is 0 Å². The van der Waals surface area contributed by atoms with E-state index in [0.717, 1.165) is 17.5 Å². The second-order valence-electron chi connectivity index (χ2n) is 4.60. The summed E-state index contributed by atoms with van der Waals surface area (Å²) in [4.78, 5) is 0. The van der Waals surface area contributed by atoms with Gasteiger partial charge in [-0.05, 0) is 36.9 Å². The van der Waals surface area contributed by atoms with E-state index in [0.29, 0.717) is 6.04 Å². The first-order valence-electron chi connectivity index (χ1n) is 6.30. The third-order valence-electron chi connectivity index (χ3n) is 3.54. The summed E-state index contributed by atoms with van der Waals surface area (Å²) in [5, 5.41) is 4.50. The molecule has 2 heteroatoms. The van der Waals surface area contributed by atoms with Crippen molar-refractivity contribution < 1.29 is 0 Å². The Labute approximate surface area is 103 Å². The van der Waals surface area contributed by atoms with Crippen LogP contribution in [0.25, 0.3) is 0 Å². The van der Waals surface area contributed by atoms with Crippen molar-refractivity contribution in [2.24, 2.45) is 5.92 Å². The summed E-state index contributed by atoms with van der Waals surface area (Å²) in [5.74, 6) is 0.764. The monoisotopic (exact) mass is 237 g/mol. The highest BCUT2D eigenvalue weighted by Crippen LogP contribution is 2.37. The van der Waals surface area contributed by atoms with E-state index in [1.165, 1.54) is 31.2 Å². The van der Waals surface area contributed by atoms with Crippen molar-refractivity contribution in [3.63, 3.8) is 0 Å². The van der Waals surface area contributed by atoms with Crippen LogP contribution in [0.15, 0.2) is 24.3 Å².